The molecule has 0 saturated carbocycles. The lowest BCUT2D eigenvalue weighted by molar-refractivity contribution is -0.140. The maximum absolute atomic E-state index is 11.5. The fourth-order valence-corrected chi connectivity index (χ4v) is 1.90. The van der Waals surface area contributed by atoms with Gasteiger partial charge in [-0.1, -0.05) is 12.1 Å². The molecule has 0 unspecified atom stereocenters. The second kappa shape index (κ2) is 8.00. The molecule has 5 nitrogen and oxygen atoms in total. The molecule has 0 spiro atoms. The number of esters is 1. The Kier molecular flexibility index (Phi) is 7.39. The Morgan fingerprint density at radius 3 is 2.43 bits per heavy atom. The third kappa shape index (κ3) is 6.60. The summed E-state index contributed by atoms with van der Waals surface area (Å²) in [7, 11) is 1.32. The van der Waals surface area contributed by atoms with Crippen molar-refractivity contribution in [2.24, 2.45) is 0 Å². The number of carbonyl (C=O) groups excluding carboxylic acids is 1. The maximum atomic E-state index is 11.5. The molecule has 0 heterocycles. The number of nitrogens with one attached hydrogen (secondary N) is 1. The van der Waals surface area contributed by atoms with Crippen molar-refractivity contribution in [2.75, 3.05) is 7.11 Å². The quantitative estimate of drug-likeness (QED) is 0.815. The van der Waals surface area contributed by atoms with Crippen LogP contribution in [-0.4, -0.2) is 35.7 Å². The van der Waals surface area contributed by atoms with Crippen LogP contribution in [0.4, 0.5) is 0 Å². The predicted octanol–water partition coefficient (Wildman–Crippen LogP) is 2.28. The van der Waals surface area contributed by atoms with E-state index in [0.29, 0.717) is 12.0 Å². The van der Waals surface area contributed by atoms with Crippen LogP contribution in [0.1, 0.15) is 36.7 Å². The lowest BCUT2D eigenvalue weighted by atomic mass is 10.0. The van der Waals surface area contributed by atoms with Gasteiger partial charge in [-0.05, 0) is 44.9 Å². The summed E-state index contributed by atoms with van der Waals surface area (Å²) in [5, 5.41) is 12.3. The van der Waals surface area contributed by atoms with Crippen molar-refractivity contribution in [3.8, 4) is 0 Å². The Hall–Kier alpha value is -1.59. The second-order valence-electron chi connectivity index (χ2n) is 5.68. The van der Waals surface area contributed by atoms with Gasteiger partial charge in [0.25, 0.3) is 0 Å². The Labute approximate surface area is 131 Å². The average molecular weight is 316 g/mol. The molecule has 0 saturated heterocycles. The molecule has 1 aromatic carbocycles. The van der Waals surface area contributed by atoms with Crippen LogP contribution in [0.2, 0.25) is 0 Å². The minimum Gasteiger partial charge on any atom is -0.480 e. The van der Waals surface area contributed by atoms with E-state index in [1.807, 2.05) is 20.8 Å². The summed E-state index contributed by atoms with van der Waals surface area (Å²) in [6, 6.07) is 6.11. The van der Waals surface area contributed by atoms with E-state index in [2.05, 4.69) is 10.1 Å². The van der Waals surface area contributed by atoms with E-state index in [0.717, 1.165) is 5.56 Å². The van der Waals surface area contributed by atoms with Crippen LogP contribution in [-0.2, 0) is 16.0 Å². The predicted molar refractivity (Wildman–Crippen MR) is 83.0 cm³/mol. The second-order valence-corrected chi connectivity index (χ2v) is 5.68. The molecule has 0 radical (unpaired) electrons. The van der Waals surface area contributed by atoms with E-state index in [1.54, 1.807) is 24.3 Å². The molecule has 6 heteroatoms. The van der Waals surface area contributed by atoms with E-state index in [9.17, 15) is 14.7 Å². The Morgan fingerprint density at radius 2 is 1.95 bits per heavy atom. The zero-order valence-electron chi connectivity index (χ0n) is 12.7. The van der Waals surface area contributed by atoms with E-state index in [4.69, 9.17) is 0 Å². The number of carbonyl (C=O) groups is 2. The van der Waals surface area contributed by atoms with Crippen molar-refractivity contribution in [2.45, 2.75) is 38.8 Å². The van der Waals surface area contributed by atoms with E-state index >= 15 is 0 Å². The third-order valence-corrected chi connectivity index (χ3v) is 2.69. The fourth-order valence-electron chi connectivity index (χ4n) is 1.90. The first kappa shape index (κ1) is 19.4. The molecule has 0 amide bonds. The van der Waals surface area contributed by atoms with Gasteiger partial charge in [0, 0.05) is 5.54 Å². The highest BCUT2D eigenvalue weighted by atomic mass is 35.5. The number of benzene rings is 1. The number of ether oxygens (including phenoxy) is 1. The number of carboxylic acids is 1. The highest BCUT2D eigenvalue weighted by molar-refractivity contribution is 5.89. The number of aliphatic carboxylic acids is 1. The molecular formula is C15H22ClNO4. The van der Waals surface area contributed by atoms with Crippen LogP contribution in [0.15, 0.2) is 24.3 Å². The van der Waals surface area contributed by atoms with Crippen molar-refractivity contribution >= 4 is 24.3 Å². The zero-order valence-corrected chi connectivity index (χ0v) is 13.5. The average Bonchev–Trinajstić information content (AvgIpc) is 2.35. The normalized spacial score (nSPS) is 12.2. The summed E-state index contributed by atoms with van der Waals surface area (Å²) in [6.45, 7) is 5.73. The Bertz CT molecular complexity index is 497. The number of methoxy groups -OCH3 is 1. The van der Waals surface area contributed by atoms with Gasteiger partial charge in [-0.15, -0.1) is 12.4 Å². The number of rotatable bonds is 5. The van der Waals surface area contributed by atoms with Gasteiger partial charge in [0.05, 0.1) is 12.7 Å². The molecule has 0 bridgehead atoms. The van der Waals surface area contributed by atoms with E-state index in [-0.39, 0.29) is 17.9 Å². The molecule has 118 valence electrons. The molecule has 0 aliphatic carbocycles. The molecular weight excluding hydrogens is 294 g/mol. The first-order valence-corrected chi connectivity index (χ1v) is 6.40. The van der Waals surface area contributed by atoms with Gasteiger partial charge >= 0.3 is 11.9 Å². The number of carboxylic acid groups (broad SMARTS) is 1. The Morgan fingerprint density at radius 1 is 1.33 bits per heavy atom. The SMILES string of the molecule is COC(=O)c1cccc(C[C@H](NC(C)(C)C)C(=O)O)c1.Cl. The minimum absolute atomic E-state index is 0. The van der Waals surface area contributed by atoms with E-state index < -0.39 is 18.0 Å². The first-order chi connectivity index (χ1) is 9.23. The van der Waals surface area contributed by atoms with Gasteiger partial charge in [0.15, 0.2) is 0 Å². The summed E-state index contributed by atoms with van der Waals surface area (Å²) in [5.74, 6) is -1.34. The van der Waals surface area contributed by atoms with Crippen LogP contribution < -0.4 is 5.32 Å². The van der Waals surface area contributed by atoms with Crippen molar-refractivity contribution in [3.05, 3.63) is 35.4 Å². The summed E-state index contributed by atoms with van der Waals surface area (Å²) in [6.07, 6.45) is 0.303. The number of halogens is 1. The summed E-state index contributed by atoms with van der Waals surface area (Å²) >= 11 is 0. The van der Waals surface area contributed by atoms with Gasteiger partial charge in [-0.25, -0.2) is 4.79 Å². The topological polar surface area (TPSA) is 75.6 Å². The lowest BCUT2D eigenvalue weighted by Crippen LogP contribution is -2.48. The van der Waals surface area contributed by atoms with Crippen LogP contribution in [0.3, 0.4) is 0 Å². The van der Waals surface area contributed by atoms with Crippen molar-refractivity contribution in [1.82, 2.24) is 5.32 Å². The van der Waals surface area contributed by atoms with Gasteiger partial charge in [-0.2, -0.15) is 0 Å². The molecule has 21 heavy (non-hydrogen) atoms. The summed E-state index contributed by atoms with van der Waals surface area (Å²) < 4.78 is 4.65. The van der Waals surface area contributed by atoms with Gasteiger partial charge in [0.1, 0.15) is 6.04 Å². The van der Waals surface area contributed by atoms with Crippen LogP contribution in [0.5, 0.6) is 0 Å². The number of hydrogen-bond acceptors (Lipinski definition) is 4. The van der Waals surface area contributed by atoms with Crippen LogP contribution >= 0.6 is 12.4 Å². The first-order valence-electron chi connectivity index (χ1n) is 6.40. The Balaban J connectivity index is 0.00000400. The van der Waals surface area contributed by atoms with E-state index in [1.165, 1.54) is 7.11 Å². The molecule has 0 fully saturated rings. The van der Waals surface area contributed by atoms with Gasteiger partial charge < -0.3 is 9.84 Å². The fraction of sp³-hybridized carbons (Fsp3) is 0.467. The molecule has 0 aliphatic rings. The van der Waals surface area contributed by atoms with Crippen molar-refractivity contribution in [3.63, 3.8) is 0 Å². The van der Waals surface area contributed by atoms with Crippen LogP contribution in [0, 0.1) is 0 Å². The largest absolute Gasteiger partial charge is 0.480 e. The number of hydrogen-bond donors (Lipinski definition) is 2. The summed E-state index contributed by atoms with van der Waals surface area (Å²) in [5.41, 5.74) is 0.894. The highest BCUT2D eigenvalue weighted by Crippen LogP contribution is 2.11. The summed E-state index contributed by atoms with van der Waals surface area (Å²) in [4.78, 5) is 22.8. The maximum Gasteiger partial charge on any atom is 0.337 e. The van der Waals surface area contributed by atoms with Gasteiger partial charge in [-0.3, -0.25) is 10.1 Å². The molecule has 1 rings (SSSR count). The highest BCUT2D eigenvalue weighted by Gasteiger charge is 2.23. The van der Waals surface area contributed by atoms with Crippen molar-refractivity contribution < 1.29 is 19.4 Å². The third-order valence-electron chi connectivity index (χ3n) is 2.69. The van der Waals surface area contributed by atoms with Gasteiger partial charge in [0.2, 0.25) is 0 Å². The zero-order chi connectivity index (χ0) is 15.3. The molecule has 1 atom stereocenters. The minimum atomic E-state index is -0.914. The molecule has 1 aromatic rings. The molecule has 2 N–H and O–H groups in total. The smallest absolute Gasteiger partial charge is 0.337 e. The lowest BCUT2D eigenvalue weighted by Gasteiger charge is -2.26. The van der Waals surface area contributed by atoms with Crippen molar-refractivity contribution in [1.29, 1.82) is 0 Å². The monoisotopic (exact) mass is 315 g/mol. The molecule has 0 aromatic heterocycles. The van der Waals surface area contributed by atoms with Crippen LogP contribution in [0.25, 0.3) is 0 Å². The molecule has 0 aliphatic heterocycles. The standard InChI is InChI=1S/C15H21NO4.ClH/c1-15(2,3)16-12(13(17)18)9-10-6-5-7-11(8-10)14(19)20-4;/h5-8,12,16H,9H2,1-4H3,(H,17,18);1H/t12-;/m0./s1.